The lowest BCUT2D eigenvalue weighted by atomic mass is 10.2. The van der Waals surface area contributed by atoms with Gasteiger partial charge in [-0.3, -0.25) is 0 Å². The molecule has 1 rings (SSSR count). The quantitative estimate of drug-likeness (QED) is 0.703. The van der Waals surface area contributed by atoms with Crippen molar-refractivity contribution in [1.29, 1.82) is 0 Å². The van der Waals surface area contributed by atoms with Crippen LogP contribution in [-0.2, 0) is 0 Å². The van der Waals surface area contributed by atoms with Gasteiger partial charge in [0.15, 0.2) is 0 Å². The van der Waals surface area contributed by atoms with Crippen LogP contribution < -0.4 is 5.32 Å². The number of rotatable bonds is 3. The molecule has 0 aromatic carbocycles. The van der Waals surface area contributed by atoms with E-state index < -0.39 is 5.97 Å². The predicted octanol–water partition coefficient (Wildman–Crippen LogP) is 1.21. The molecule has 0 saturated heterocycles. The molecule has 0 aliphatic carbocycles. The van der Waals surface area contributed by atoms with Crippen molar-refractivity contribution in [3.63, 3.8) is 0 Å². The van der Waals surface area contributed by atoms with Crippen LogP contribution in [0.25, 0.3) is 0 Å². The van der Waals surface area contributed by atoms with Crippen molar-refractivity contribution < 1.29 is 9.90 Å². The van der Waals surface area contributed by atoms with E-state index in [1.165, 1.54) is 12.3 Å². The van der Waals surface area contributed by atoms with Crippen molar-refractivity contribution in [2.24, 2.45) is 0 Å². The minimum atomic E-state index is -1.02. The van der Waals surface area contributed by atoms with Crippen molar-refractivity contribution >= 4 is 11.8 Å². The Morgan fingerprint density at radius 2 is 2.50 bits per heavy atom. The molecular weight excluding hydrogens is 180 g/mol. The zero-order chi connectivity index (χ0) is 10.6. The van der Waals surface area contributed by atoms with E-state index in [4.69, 9.17) is 11.5 Å². The van der Waals surface area contributed by atoms with Crippen LogP contribution >= 0.6 is 0 Å². The Kier molecular flexibility index (Phi) is 3.08. The van der Waals surface area contributed by atoms with Crippen LogP contribution in [0.1, 0.15) is 17.3 Å². The van der Waals surface area contributed by atoms with E-state index in [0.717, 1.165) is 0 Å². The van der Waals surface area contributed by atoms with E-state index in [-0.39, 0.29) is 11.6 Å². The van der Waals surface area contributed by atoms with E-state index in [9.17, 15) is 4.79 Å². The second-order valence-corrected chi connectivity index (χ2v) is 2.74. The summed E-state index contributed by atoms with van der Waals surface area (Å²) in [6.07, 6.45) is 6.67. The Morgan fingerprint density at radius 3 is 3.07 bits per heavy atom. The largest absolute Gasteiger partial charge is 0.478 e. The van der Waals surface area contributed by atoms with Crippen LogP contribution in [0.4, 0.5) is 5.82 Å². The Labute approximate surface area is 82.0 Å². The molecule has 0 fully saturated rings. The van der Waals surface area contributed by atoms with Gasteiger partial charge in [0.25, 0.3) is 0 Å². The van der Waals surface area contributed by atoms with Crippen molar-refractivity contribution in [2.45, 2.75) is 13.0 Å². The van der Waals surface area contributed by atoms with E-state index in [1.807, 2.05) is 0 Å². The third-order valence-corrected chi connectivity index (χ3v) is 1.64. The third kappa shape index (κ3) is 2.23. The van der Waals surface area contributed by atoms with Crippen LogP contribution in [-0.4, -0.2) is 22.1 Å². The topological polar surface area (TPSA) is 62.2 Å². The SMILES string of the molecule is C#CC(C)Nc1ncccc1C(=O)O. The van der Waals surface area contributed by atoms with Crippen molar-refractivity contribution in [2.75, 3.05) is 5.32 Å². The highest BCUT2D eigenvalue weighted by Crippen LogP contribution is 2.11. The smallest absolute Gasteiger partial charge is 0.339 e. The number of terminal acetylenes is 1. The van der Waals surface area contributed by atoms with E-state index in [0.29, 0.717) is 5.82 Å². The Balaban J connectivity index is 2.97. The van der Waals surface area contributed by atoms with Gasteiger partial charge < -0.3 is 10.4 Å². The molecule has 0 spiro atoms. The van der Waals surface area contributed by atoms with Crippen LogP contribution in [0, 0.1) is 12.3 Å². The molecule has 14 heavy (non-hydrogen) atoms. The highest BCUT2D eigenvalue weighted by molar-refractivity contribution is 5.93. The summed E-state index contributed by atoms with van der Waals surface area (Å²) in [5.41, 5.74) is 0.120. The summed E-state index contributed by atoms with van der Waals surface area (Å²) in [6, 6.07) is 2.79. The Bertz CT molecular complexity index is 382. The van der Waals surface area contributed by atoms with Crippen molar-refractivity contribution in [3.8, 4) is 12.3 Å². The number of nitrogens with one attached hydrogen (secondary N) is 1. The predicted molar refractivity (Wildman–Crippen MR) is 53.1 cm³/mol. The summed E-state index contributed by atoms with van der Waals surface area (Å²) in [6.45, 7) is 1.75. The molecule has 1 aromatic rings. The lowest BCUT2D eigenvalue weighted by Crippen LogP contribution is -2.16. The van der Waals surface area contributed by atoms with Gasteiger partial charge in [-0.1, -0.05) is 5.92 Å². The first-order chi connectivity index (χ1) is 6.65. The van der Waals surface area contributed by atoms with Crippen LogP contribution in [0.15, 0.2) is 18.3 Å². The van der Waals surface area contributed by atoms with Crippen molar-refractivity contribution in [1.82, 2.24) is 4.98 Å². The summed E-state index contributed by atoms with van der Waals surface area (Å²) in [5.74, 6) is 1.71. The molecule has 0 aliphatic heterocycles. The van der Waals surface area contributed by atoms with Gasteiger partial charge in [-0.15, -0.1) is 6.42 Å². The van der Waals surface area contributed by atoms with E-state index >= 15 is 0 Å². The first-order valence-electron chi connectivity index (χ1n) is 4.06. The second-order valence-electron chi connectivity index (χ2n) is 2.74. The summed E-state index contributed by atoms with van der Waals surface area (Å²) in [7, 11) is 0. The fraction of sp³-hybridized carbons (Fsp3) is 0.200. The summed E-state index contributed by atoms with van der Waals surface area (Å²) in [5, 5.41) is 11.6. The van der Waals surface area contributed by atoms with Crippen LogP contribution in [0.5, 0.6) is 0 Å². The number of carbonyl (C=O) groups is 1. The molecule has 4 nitrogen and oxygen atoms in total. The number of hydrogen-bond acceptors (Lipinski definition) is 3. The monoisotopic (exact) mass is 190 g/mol. The molecule has 2 N–H and O–H groups in total. The maximum Gasteiger partial charge on any atom is 0.339 e. The van der Waals surface area contributed by atoms with Gasteiger partial charge in [-0.05, 0) is 19.1 Å². The minimum Gasteiger partial charge on any atom is -0.478 e. The second kappa shape index (κ2) is 4.28. The minimum absolute atomic E-state index is 0.120. The molecule has 0 saturated carbocycles. The zero-order valence-electron chi connectivity index (χ0n) is 7.69. The number of aromatic carboxylic acids is 1. The lowest BCUT2D eigenvalue weighted by molar-refractivity contribution is 0.0697. The lowest BCUT2D eigenvalue weighted by Gasteiger charge is -2.09. The standard InChI is InChI=1S/C10H10N2O2/c1-3-7(2)12-9-8(10(13)14)5-4-6-11-9/h1,4-7H,2H3,(H,11,12)(H,13,14). The fourth-order valence-electron chi connectivity index (χ4n) is 0.940. The Morgan fingerprint density at radius 1 is 1.79 bits per heavy atom. The number of carboxylic acid groups (broad SMARTS) is 1. The molecule has 4 heteroatoms. The molecular formula is C10H10N2O2. The third-order valence-electron chi connectivity index (χ3n) is 1.64. The average molecular weight is 190 g/mol. The molecule has 1 unspecified atom stereocenters. The number of anilines is 1. The first kappa shape index (κ1) is 10.1. The molecule has 1 heterocycles. The van der Waals surface area contributed by atoms with E-state index in [2.05, 4.69) is 16.2 Å². The van der Waals surface area contributed by atoms with Crippen LogP contribution in [0.3, 0.4) is 0 Å². The summed E-state index contributed by atoms with van der Waals surface area (Å²) in [4.78, 5) is 14.7. The summed E-state index contributed by atoms with van der Waals surface area (Å²) >= 11 is 0. The average Bonchev–Trinajstić information content (AvgIpc) is 2.18. The molecule has 1 aromatic heterocycles. The van der Waals surface area contributed by atoms with Gasteiger partial charge >= 0.3 is 5.97 Å². The van der Waals surface area contributed by atoms with Gasteiger partial charge in [-0.2, -0.15) is 0 Å². The normalized spacial score (nSPS) is 11.4. The molecule has 0 amide bonds. The highest BCUT2D eigenvalue weighted by Gasteiger charge is 2.10. The molecule has 0 aliphatic rings. The number of aromatic nitrogens is 1. The number of hydrogen-bond donors (Lipinski definition) is 2. The number of carboxylic acids is 1. The number of pyridine rings is 1. The summed E-state index contributed by atoms with van der Waals surface area (Å²) < 4.78 is 0. The molecule has 0 radical (unpaired) electrons. The Hall–Kier alpha value is -2.02. The highest BCUT2D eigenvalue weighted by atomic mass is 16.4. The fourth-order valence-corrected chi connectivity index (χ4v) is 0.940. The van der Waals surface area contributed by atoms with Gasteiger partial charge in [0.2, 0.25) is 0 Å². The number of nitrogens with zero attached hydrogens (tertiary/aromatic N) is 1. The molecule has 1 atom stereocenters. The maximum absolute atomic E-state index is 10.8. The van der Waals surface area contributed by atoms with Gasteiger partial charge in [-0.25, -0.2) is 9.78 Å². The van der Waals surface area contributed by atoms with Gasteiger partial charge in [0.05, 0.1) is 6.04 Å². The molecule has 0 bridgehead atoms. The van der Waals surface area contributed by atoms with Gasteiger partial charge in [0, 0.05) is 6.20 Å². The van der Waals surface area contributed by atoms with E-state index in [1.54, 1.807) is 13.0 Å². The maximum atomic E-state index is 10.8. The van der Waals surface area contributed by atoms with Crippen molar-refractivity contribution in [3.05, 3.63) is 23.9 Å². The van der Waals surface area contributed by atoms with Crippen LogP contribution in [0.2, 0.25) is 0 Å². The first-order valence-corrected chi connectivity index (χ1v) is 4.06. The zero-order valence-corrected chi connectivity index (χ0v) is 7.69. The van der Waals surface area contributed by atoms with Gasteiger partial charge in [0.1, 0.15) is 11.4 Å². The molecule has 72 valence electrons.